The lowest BCUT2D eigenvalue weighted by Crippen LogP contribution is -2.51. The Morgan fingerprint density at radius 3 is 2.23 bits per heavy atom. The Labute approximate surface area is 187 Å². The van der Waals surface area contributed by atoms with Gasteiger partial charge >= 0.3 is 5.97 Å². The first-order chi connectivity index (χ1) is 14.2. The van der Waals surface area contributed by atoms with Gasteiger partial charge in [-0.05, 0) is 86.4 Å². The second-order valence-corrected chi connectivity index (χ2v) is 11.1. The zero-order valence-electron chi connectivity index (χ0n) is 18.2. The lowest BCUT2D eigenvalue weighted by Gasteiger charge is -2.57. The van der Waals surface area contributed by atoms with E-state index in [0.717, 1.165) is 24.3 Å². The lowest BCUT2D eigenvalue weighted by molar-refractivity contribution is -0.0490. The molecule has 2 N–H and O–H groups in total. The maximum Gasteiger partial charge on any atom is 0.341 e. The minimum absolute atomic E-state index is 0.136. The number of nitrogens with zero attached hydrogens (tertiary/aromatic N) is 1. The molecule has 4 aliphatic rings. The Morgan fingerprint density at radius 1 is 1.17 bits per heavy atom. The molecule has 30 heavy (non-hydrogen) atoms. The van der Waals surface area contributed by atoms with Crippen molar-refractivity contribution in [2.45, 2.75) is 45.4 Å². The Kier molecular flexibility index (Phi) is 5.83. The van der Waals surface area contributed by atoms with Crippen molar-refractivity contribution in [1.29, 1.82) is 0 Å². The number of methoxy groups -OCH3 is 1. The van der Waals surface area contributed by atoms with Crippen molar-refractivity contribution in [3.8, 4) is 0 Å². The van der Waals surface area contributed by atoms with Gasteiger partial charge in [0.05, 0.1) is 17.6 Å². The highest BCUT2D eigenvalue weighted by Crippen LogP contribution is 2.59. The van der Waals surface area contributed by atoms with Crippen LogP contribution in [0.25, 0.3) is 0 Å². The summed E-state index contributed by atoms with van der Waals surface area (Å²) in [4.78, 5) is 26.9. The minimum atomic E-state index is -0.465. The quantitative estimate of drug-likeness (QED) is 0.522. The van der Waals surface area contributed by atoms with E-state index in [-0.39, 0.29) is 5.91 Å². The Bertz CT molecular complexity index is 842. The number of thiocarbonyl (C=S) groups is 1. The Balaban J connectivity index is 1.47. The molecule has 0 spiro atoms. The van der Waals surface area contributed by atoms with Crippen LogP contribution < -0.4 is 10.6 Å². The van der Waals surface area contributed by atoms with Crippen molar-refractivity contribution < 1.29 is 14.3 Å². The largest absolute Gasteiger partial charge is 0.465 e. The van der Waals surface area contributed by atoms with E-state index in [1.54, 1.807) is 21.0 Å². The lowest BCUT2D eigenvalue weighted by atomic mass is 9.49. The van der Waals surface area contributed by atoms with Crippen LogP contribution in [0.3, 0.4) is 0 Å². The number of anilines is 1. The highest BCUT2D eigenvalue weighted by atomic mass is 32.1. The van der Waals surface area contributed by atoms with E-state index in [9.17, 15) is 9.59 Å². The van der Waals surface area contributed by atoms with Crippen LogP contribution in [0.15, 0.2) is 0 Å². The summed E-state index contributed by atoms with van der Waals surface area (Å²) in [6.45, 7) is 2.65. The summed E-state index contributed by atoms with van der Waals surface area (Å²) >= 11 is 6.83. The van der Waals surface area contributed by atoms with Crippen LogP contribution >= 0.6 is 23.6 Å². The summed E-state index contributed by atoms with van der Waals surface area (Å²) in [6.07, 6.45) is 8.18. The highest BCUT2D eigenvalue weighted by Gasteiger charge is 2.50. The average Bonchev–Trinajstić information content (AvgIpc) is 3.00. The monoisotopic (exact) mass is 449 g/mol. The zero-order chi connectivity index (χ0) is 21.6. The number of nitrogens with one attached hydrogen (secondary N) is 2. The number of carbonyl (C=O) groups is 2. The molecule has 8 heteroatoms. The van der Waals surface area contributed by atoms with Gasteiger partial charge < -0.3 is 20.3 Å². The molecule has 4 saturated carbocycles. The maximum atomic E-state index is 12.5. The van der Waals surface area contributed by atoms with Crippen LogP contribution in [0.5, 0.6) is 0 Å². The predicted molar refractivity (Wildman–Crippen MR) is 123 cm³/mol. The number of hydrogen-bond donors (Lipinski definition) is 2. The molecule has 0 aromatic carbocycles. The summed E-state index contributed by atoms with van der Waals surface area (Å²) in [7, 11) is 4.74. The molecule has 5 rings (SSSR count). The van der Waals surface area contributed by atoms with E-state index in [2.05, 4.69) is 10.6 Å². The van der Waals surface area contributed by atoms with Crippen LogP contribution in [0.2, 0.25) is 0 Å². The number of amides is 1. The third-order valence-corrected chi connectivity index (χ3v) is 8.59. The molecular formula is C22H31N3O3S2. The molecule has 4 fully saturated rings. The minimum Gasteiger partial charge on any atom is -0.465 e. The number of carbonyl (C=O) groups excluding carboxylic acids is 2. The van der Waals surface area contributed by atoms with Gasteiger partial charge in [0.1, 0.15) is 5.00 Å². The predicted octanol–water partition coefficient (Wildman–Crippen LogP) is 4.05. The van der Waals surface area contributed by atoms with Crippen molar-refractivity contribution in [1.82, 2.24) is 10.2 Å². The number of esters is 1. The van der Waals surface area contributed by atoms with Gasteiger partial charge in [-0.25, -0.2) is 4.79 Å². The summed E-state index contributed by atoms with van der Waals surface area (Å²) in [5, 5.41) is 7.68. The van der Waals surface area contributed by atoms with Crippen LogP contribution in [-0.2, 0) is 4.74 Å². The molecule has 0 radical (unpaired) electrons. The number of ether oxygens (including phenoxy) is 1. The molecule has 0 aliphatic heterocycles. The van der Waals surface area contributed by atoms with Gasteiger partial charge in [-0.15, -0.1) is 11.3 Å². The van der Waals surface area contributed by atoms with E-state index in [1.165, 1.54) is 61.9 Å². The molecule has 1 aromatic rings. The summed E-state index contributed by atoms with van der Waals surface area (Å²) < 4.78 is 4.96. The fraction of sp³-hybridized carbons (Fsp3) is 0.682. The molecule has 6 nitrogen and oxygen atoms in total. The van der Waals surface area contributed by atoms with Gasteiger partial charge in [-0.3, -0.25) is 4.79 Å². The van der Waals surface area contributed by atoms with Crippen molar-refractivity contribution in [3.63, 3.8) is 0 Å². The Hall–Kier alpha value is -1.67. The molecule has 0 saturated heterocycles. The Morgan fingerprint density at radius 2 is 1.73 bits per heavy atom. The third-order valence-electron chi connectivity index (χ3n) is 7.15. The zero-order valence-corrected chi connectivity index (χ0v) is 19.8. The van der Waals surface area contributed by atoms with Gasteiger partial charge in [0.2, 0.25) is 0 Å². The second-order valence-electron chi connectivity index (χ2n) is 9.68. The SMILES string of the molecule is COC(=O)c1c(NC(=S)NCC23CC4CC(CC(C4)C2)C3)sc(C(=O)N(C)C)c1C. The van der Waals surface area contributed by atoms with E-state index in [1.807, 2.05) is 0 Å². The molecule has 1 amide bonds. The van der Waals surface area contributed by atoms with Gasteiger partial charge in [0, 0.05) is 20.6 Å². The van der Waals surface area contributed by atoms with E-state index < -0.39 is 5.97 Å². The molecule has 1 aromatic heterocycles. The molecule has 0 unspecified atom stereocenters. The average molecular weight is 450 g/mol. The first-order valence-electron chi connectivity index (χ1n) is 10.7. The smallest absolute Gasteiger partial charge is 0.341 e. The molecular weight excluding hydrogens is 418 g/mol. The van der Waals surface area contributed by atoms with E-state index in [0.29, 0.717) is 31.5 Å². The topological polar surface area (TPSA) is 70.7 Å². The number of hydrogen-bond acceptors (Lipinski definition) is 5. The molecule has 4 aliphatic carbocycles. The van der Waals surface area contributed by atoms with Crippen LogP contribution in [0.1, 0.15) is 64.1 Å². The molecule has 1 heterocycles. The summed E-state index contributed by atoms with van der Waals surface area (Å²) in [6, 6.07) is 0. The molecule has 164 valence electrons. The van der Waals surface area contributed by atoms with Crippen LogP contribution in [0, 0.1) is 30.1 Å². The van der Waals surface area contributed by atoms with Crippen LogP contribution in [-0.4, -0.2) is 49.6 Å². The van der Waals surface area contributed by atoms with Crippen LogP contribution in [0.4, 0.5) is 5.00 Å². The summed E-state index contributed by atoms with van der Waals surface area (Å²) in [5.74, 6) is 2.08. The fourth-order valence-corrected chi connectivity index (χ4v) is 7.74. The first-order valence-corrected chi connectivity index (χ1v) is 11.9. The normalized spacial score (nSPS) is 28.9. The maximum absolute atomic E-state index is 12.5. The first kappa shape index (κ1) is 21.6. The van der Waals surface area contributed by atoms with Gasteiger partial charge in [0.15, 0.2) is 5.11 Å². The third kappa shape index (κ3) is 3.96. The molecule has 0 atom stereocenters. The number of thiophene rings is 1. The highest BCUT2D eigenvalue weighted by molar-refractivity contribution is 7.80. The van der Waals surface area contributed by atoms with E-state index >= 15 is 0 Å². The van der Waals surface area contributed by atoms with Gasteiger partial charge in [0.25, 0.3) is 5.91 Å². The van der Waals surface area contributed by atoms with Crippen molar-refractivity contribution >= 4 is 45.5 Å². The van der Waals surface area contributed by atoms with Crippen molar-refractivity contribution in [3.05, 3.63) is 16.0 Å². The van der Waals surface area contributed by atoms with Crippen molar-refractivity contribution in [2.75, 3.05) is 33.1 Å². The summed E-state index contributed by atoms with van der Waals surface area (Å²) in [5.41, 5.74) is 1.37. The number of rotatable bonds is 5. The van der Waals surface area contributed by atoms with Gasteiger partial charge in [-0.2, -0.15) is 0 Å². The van der Waals surface area contributed by atoms with Gasteiger partial charge in [-0.1, -0.05) is 0 Å². The second kappa shape index (κ2) is 8.11. The van der Waals surface area contributed by atoms with Crippen molar-refractivity contribution in [2.24, 2.45) is 23.2 Å². The standard InChI is InChI=1S/C22H31N3O3S2/c1-12-16(20(27)28-4)18(30-17(12)19(26)25(2)3)24-21(29)23-11-22-8-13-5-14(9-22)7-15(6-13)10-22/h13-15H,5-11H2,1-4H3,(H2,23,24,29). The fourth-order valence-electron chi connectivity index (χ4n) is 6.28. The molecule has 4 bridgehead atoms. The van der Waals surface area contributed by atoms with E-state index in [4.69, 9.17) is 17.0 Å².